The average Bonchev–Trinajstić information content (AvgIpc) is 2.91. The van der Waals surface area contributed by atoms with Gasteiger partial charge in [0, 0.05) is 12.1 Å². The Bertz CT molecular complexity index is 725. The zero-order valence-corrected chi connectivity index (χ0v) is 14.5. The van der Waals surface area contributed by atoms with Gasteiger partial charge in [-0.25, -0.2) is 0 Å². The molecule has 1 aliphatic heterocycles. The smallest absolute Gasteiger partial charge is 0.249 e. The molecule has 1 heterocycles. The highest BCUT2D eigenvalue weighted by molar-refractivity contribution is 5.95. The Morgan fingerprint density at radius 1 is 1.08 bits per heavy atom. The van der Waals surface area contributed by atoms with E-state index in [1.165, 1.54) is 0 Å². The lowest BCUT2D eigenvalue weighted by atomic mass is 10.1. The highest BCUT2D eigenvalue weighted by atomic mass is 16.5. The molecule has 0 saturated carbocycles. The molecular formula is C21H23NO3. The first-order chi connectivity index (χ1) is 12.2. The van der Waals surface area contributed by atoms with E-state index < -0.39 is 0 Å². The van der Waals surface area contributed by atoms with Gasteiger partial charge in [-0.2, -0.15) is 0 Å². The molecule has 0 bridgehead atoms. The van der Waals surface area contributed by atoms with Crippen molar-refractivity contribution in [3.05, 3.63) is 77.9 Å². The van der Waals surface area contributed by atoms with Crippen molar-refractivity contribution in [2.45, 2.75) is 25.6 Å². The minimum absolute atomic E-state index is 0.0177. The van der Waals surface area contributed by atoms with Crippen LogP contribution in [0.25, 0.3) is 0 Å². The molecule has 25 heavy (non-hydrogen) atoms. The first kappa shape index (κ1) is 17.2. The summed E-state index contributed by atoms with van der Waals surface area (Å²) in [6.07, 6.45) is 0.657. The van der Waals surface area contributed by atoms with Gasteiger partial charge in [0.1, 0.15) is 5.75 Å². The third kappa shape index (κ3) is 4.28. The van der Waals surface area contributed by atoms with Gasteiger partial charge >= 0.3 is 0 Å². The molecule has 1 amide bonds. The second-order valence-electron chi connectivity index (χ2n) is 6.24. The summed E-state index contributed by atoms with van der Waals surface area (Å²) in [7, 11) is 1.64. The number of benzene rings is 2. The summed E-state index contributed by atoms with van der Waals surface area (Å²) in [4.78, 5) is 14.3. The summed E-state index contributed by atoms with van der Waals surface area (Å²) < 4.78 is 11.0. The highest BCUT2D eigenvalue weighted by Crippen LogP contribution is 2.26. The van der Waals surface area contributed by atoms with Crippen LogP contribution in [0.5, 0.6) is 5.75 Å². The maximum absolute atomic E-state index is 12.4. The summed E-state index contributed by atoms with van der Waals surface area (Å²) in [6.45, 7) is 5.52. The average molecular weight is 337 g/mol. The fourth-order valence-electron chi connectivity index (χ4n) is 3.02. The number of nitrogens with zero attached hydrogens (tertiary/aromatic N) is 1. The lowest BCUT2D eigenvalue weighted by Gasteiger charge is -2.24. The molecule has 0 spiro atoms. The van der Waals surface area contributed by atoms with Gasteiger partial charge in [-0.15, -0.1) is 0 Å². The predicted molar refractivity (Wildman–Crippen MR) is 97.2 cm³/mol. The van der Waals surface area contributed by atoms with Gasteiger partial charge in [-0.05, 0) is 29.7 Å². The quantitative estimate of drug-likeness (QED) is 0.725. The number of likely N-dealkylation sites (tertiary alicyclic amines) is 1. The van der Waals surface area contributed by atoms with Gasteiger partial charge in [0.2, 0.25) is 5.91 Å². The third-order valence-corrected chi connectivity index (χ3v) is 4.42. The van der Waals surface area contributed by atoms with Crippen LogP contribution >= 0.6 is 0 Å². The van der Waals surface area contributed by atoms with Crippen molar-refractivity contribution in [3.8, 4) is 5.75 Å². The molecule has 1 aliphatic rings. The Morgan fingerprint density at radius 3 is 2.48 bits per heavy atom. The van der Waals surface area contributed by atoms with Crippen molar-refractivity contribution in [3.63, 3.8) is 0 Å². The largest absolute Gasteiger partial charge is 0.497 e. The SMILES string of the molecule is C=C1CC(COCc2ccccc2)N(Cc2ccc(OC)cc2)C1=O. The molecule has 0 aromatic heterocycles. The molecule has 2 aromatic rings. The van der Waals surface area contributed by atoms with E-state index in [-0.39, 0.29) is 11.9 Å². The molecule has 1 atom stereocenters. The van der Waals surface area contributed by atoms with Crippen molar-refractivity contribution in [1.29, 1.82) is 0 Å². The molecule has 0 radical (unpaired) electrons. The van der Waals surface area contributed by atoms with Crippen molar-refractivity contribution in [2.24, 2.45) is 0 Å². The summed E-state index contributed by atoms with van der Waals surface area (Å²) in [5, 5.41) is 0. The first-order valence-corrected chi connectivity index (χ1v) is 8.40. The van der Waals surface area contributed by atoms with E-state index in [1.54, 1.807) is 7.11 Å². The number of amides is 1. The van der Waals surface area contributed by atoms with Gasteiger partial charge in [0.25, 0.3) is 0 Å². The molecule has 2 aromatic carbocycles. The standard InChI is InChI=1S/C21H23NO3/c1-16-12-19(15-25-14-18-6-4-3-5-7-18)22(21(16)23)13-17-8-10-20(24-2)11-9-17/h3-11,19H,1,12-15H2,2H3. The van der Waals surface area contributed by atoms with Crippen molar-refractivity contribution in [1.82, 2.24) is 4.90 Å². The number of carbonyl (C=O) groups is 1. The highest BCUT2D eigenvalue weighted by Gasteiger charge is 2.34. The molecule has 1 fully saturated rings. The summed E-state index contributed by atoms with van der Waals surface area (Å²) >= 11 is 0. The minimum Gasteiger partial charge on any atom is -0.497 e. The van der Waals surface area contributed by atoms with E-state index in [9.17, 15) is 4.79 Å². The van der Waals surface area contributed by atoms with Gasteiger partial charge in [0.05, 0.1) is 26.4 Å². The van der Waals surface area contributed by atoms with Crippen LogP contribution in [-0.2, 0) is 22.7 Å². The van der Waals surface area contributed by atoms with Crippen LogP contribution in [0.15, 0.2) is 66.7 Å². The minimum atomic E-state index is 0.0177. The van der Waals surface area contributed by atoms with E-state index in [0.717, 1.165) is 16.9 Å². The van der Waals surface area contributed by atoms with Crippen molar-refractivity contribution < 1.29 is 14.3 Å². The lowest BCUT2D eigenvalue weighted by Crippen LogP contribution is -2.35. The topological polar surface area (TPSA) is 38.8 Å². The zero-order valence-electron chi connectivity index (χ0n) is 14.5. The third-order valence-electron chi connectivity index (χ3n) is 4.42. The van der Waals surface area contributed by atoms with E-state index in [0.29, 0.717) is 31.8 Å². The fraction of sp³-hybridized carbons (Fsp3) is 0.286. The van der Waals surface area contributed by atoms with Crippen molar-refractivity contribution in [2.75, 3.05) is 13.7 Å². The number of ether oxygens (including phenoxy) is 2. The normalized spacial score (nSPS) is 17.2. The van der Waals surface area contributed by atoms with E-state index in [2.05, 4.69) is 6.58 Å². The number of hydrogen-bond acceptors (Lipinski definition) is 3. The Balaban J connectivity index is 1.60. The number of hydrogen-bond donors (Lipinski definition) is 0. The molecule has 1 unspecified atom stereocenters. The molecule has 0 aliphatic carbocycles. The Labute approximate surface area is 148 Å². The Hall–Kier alpha value is -2.59. The second-order valence-corrected chi connectivity index (χ2v) is 6.24. The van der Waals surface area contributed by atoms with Crippen LogP contribution in [0.2, 0.25) is 0 Å². The van der Waals surface area contributed by atoms with Gasteiger partial charge in [-0.3, -0.25) is 4.79 Å². The maximum atomic E-state index is 12.4. The summed E-state index contributed by atoms with van der Waals surface area (Å²) in [5.41, 5.74) is 2.85. The Kier molecular flexibility index (Phi) is 5.51. The number of carbonyl (C=O) groups excluding carboxylic acids is 1. The van der Waals surface area contributed by atoms with Crippen LogP contribution in [0.4, 0.5) is 0 Å². The predicted octanol–water partition coefficient (Wildman–Crippen LogP) is 3.57. The molecule has 4 heteroatoms. The van der Waals surface area contributed by atoms with Crippen molar-refractivity contribution >= 4 is 5.91 Å². The molecule has 3 rings (SSSR count). The van der Waals surface area contributed by atoms with Gasteiger partial charge in [0.15, 0.2) is 0 Å². The molecule has 130 valence electrons. The molecule has 4 nitrogen and oxygen atoms in total. The zero-order chi connectivity index (χ0) is 17.6. The Morgan fingerprint density at radius 2 is 1.80 bits per heavy atom. The van der Waals surface area contributed by atoms with Gasteiger partial charge < -0.3 is 14.4 Å². The van der Waals surface area contributed by atoms with Crippen LogP contribution in [0.1, 0.15) is 17.5 Å². The maximum Gasteiger partial charge on any atom is 0.249 e. The first-order valence-electron chi connectivity index (χ1n) is 8.40. The van der Waals surface area contributed by atoms with E-state index in [4.69, 9.17) is 9.47 Å². The van der Waals surface area contributed by atoms with Gasteiger partial charge in [-0.1, -0.05) is 49.0 Å². The summed E-state index contributed by atoms with van der Waals surface area (Å²) in [5.74, 6) is 0.827. The van der Waals surface area contributed by atoms with E-state index in [1.807, 2.05) is 59.5 Å². The molecule has 1 saturated heterocycles. The molecule has 0 N–H and O–H groups in total. The van der Waals surface area contributed by atoms with Crippen LogP contribution in [0, 0.1) is 0 Å². The van der Waals surface area contributed by atoms with Crippen LogP contribution in [0.3, 0.4) is 0 Å². The van der Waals surface area contributed by atoms with Crippen LogP contribution < -0.4 is 4.74 Å². The van der Waals surface area contributed by atoms with E-state index >= 15 is 0 Å². The fourth-order valence-corrected chi connectivity index (χ4v) is 3.02. The number of rotatable bonds is 7. The second kappa shape index (κ2) is 7.99. The molecular weight excluding hydrogens is 314 g/mol. The summed E-state index contributed by atoms with van der Waals surface area (Å²) in [6, 6.07) is 17.9. The number of methoxy groups -OCH3 is 1. The lowest BCUT2D eigenvalue weighted by molar-refractivity contribution is -0.127. The van der Waals surface area contributed by atoms with Crippen LogP contribution in [-0.4, -0.2) is 30.6 Å². The monoisotopic (exact) mass is 337 g/mol.